The number of carbonyl (C=O) groups excluding carboxylic acids is 4. The zero-order valence-electron chi connectivity index (χ0n) is 73.7. The molecule has 4 amide bonds. The number of nitrogens with one attached hydrogen (secondary N) is 6. The van der Waals surface area contributed by atoms with Gasteiger partial charge in [0, 0.05) is 176 Å². The minimum atomic E-state index is -0.259. The van der Waals surface area contributed by atoms with Gasteiger partial charge in [-0.15, -0.1) is 0 Å². The van der Waals surface area contributed by atoms with Crippen LogP contribution in [0, 0.1) is 0 Å². The van der Waals surface area contributed by atoms with Crippen LogP contribution in [0.2, 0.25) is 0 Å². The number of carbonyl (C=O) groups is 4. The fourth-order valence-corrected chi connectivity index (χ4v) is 17.6. The number of para-hydroxylation sites is 2. The molecule has 34 nitrogen and oxygen atoms in total. The molecular formula is C94H100N24O10S2. The van der Waals surface area contributed by atoms with E-state index in [2.05, 4.69) is 165 Å². The summed E-state index contributed by atoms with van der Waals surface area (Å²) in [5.41, 5.74) is 12.0. The topological polar surface area (TPSA) is 331 Å². The first-order valence-electron chi connectivity index (χ1n) is 42.6. The molecule has 12 aromatic rings. The average Bonchev–Trinajstić information content (AvgIpc) is 1.63. The normalized spacial score (nSPS) is 15.9. The SMILES string of the molecule is COc1cc(N2CCN(C)CC2)ccc1Nc1ncc2c(n1)Oc1ccccc1C(=O)N2.COc1cc(N2CCN(C)CC2)ccc1Nc1ncc2c(n1)Oc1ccccc1C(=O)N2C.COc1cc(N2CCN(C)CC2)ccc1Nc1ncc2c(n1)Sc1ccccc1C(=O)N2.COc1cc(N2CCN(C)CC2)ccc1Nc1ncc2c(n1)Sc1ccccc1C(=O)N2C. The van der Waals surface area contributed by atoms with E-state index in [1.165, 1.54) is 34.6 Å². The number of rotatable bonds is 16. The van der Waals surface area contributed by atoms with Gasteiger partial charge in [-0.2, -0.15) is 9.97 Å². The summed E-state index contributed by atoms with van der Waals surface area (Å²) in [6.07, 6.45) is 6.43. The molecule has 20 rings (SSSR count). The summed E-state index contributed by atoms with van der Waals surface area (Å²) in [4.78, 5) is 110. The molecule has 6 N–H and O–H groups in total. The fourth-order valence-electron chi connectivity index (χ4n) is 15.6. The molecule has 8 aliphatic heterocycles. The third-order valence-electron chi connectivity index (χ3n) is 23.3. The number of hydrogen-bond donors (Lipinski definition) is 6. The summed E-state index contributed by atoms with van der Waals surface area (Å²) in [6.45, 7) is 16.2. The third-order valence-corrected chi connectivity index (χ3v) is 25.5. The molecule has 0 spiro atoms. The maximum absolute atomic E-state index is 12.9. The van der Waals surface area contributed by atoms with Crippen molar-refractivity contribution >= 4 is 139 Å². The molecule has 0 aliphatic carbocycles. The quantitative estimate of drug-likeness (QED) is 0.0489. The Morgan fingerprint density at radius 3 is 1.12 bits per heavy atom. The Bertz CT molecular complexity index is 5820. The first kappa shape index (κ1) is 87.8. The lowest BCUT2D eigenvalue weighted by Gasteiger charge is -2.34. The number of benzene rings is 8. The van der Waals surface area contributed by atoms with Crippen LogP contribution in [-0.4, -0.2) is 259 Å². The Morgan fingerprint density at radius 2 is 0.654 bits per heavy atom. The molecule has 0 bridgehead atoms. The second kappa shape index (κ2) is 39.5. The van der Waals surface area contributed by atoms with Crippen molar-refractivity contribution in [2.45, 2.75) is 19.8 Å². The molecule has 668 valence electrons. The molecule has 0 unspecified atom stereocenters. The number of aromatic nitrogens is 8. The van der Waals surface area contributed by atoms with Crippen LogP contribution in [0.1, 0.15) is 41.4 Å². The average molecular weight is 1790 g/mol. The van der Waals surface area contributed by atoms with Crippen LogP contribution in [0.4, 0.5) is 92.0 Å². The van der Waals surface area contributed by atoms with E-state index in [1.807, 2.05) is 103 Å². The van der Waals surface area contributed by atoms with Crippen molar-refractivity contribution in [2.75, 3.05) is 237 Å². The van der Waals surface area contributed by atoms with E-state index in [1.54, 1.807) is 102 Å². The number of anilines is 16. The Balaban J connectivity index is 0.000000121. The monoisotopic (exact) mass is 1790 g/mol. The van der Waals surface area contributed by atoms with Crippen LogP contribution in [0.15, 0.2) is 214 Å². The van der Waals surface area contributed by atoms with E-state index < -0.39 is 0 Å². The number of piperazine rings is 4. The second-order valence-corrected chi connectivity index (χ2v) is 33.9. The lowest BCUT2D eigenvalue weighted by molar-refractivity contribution is 0.0983. The van der Waals surface area contributed by atoms with Crippen molar-refractivity contribution in [2.24, 2.45) is 0 Å². The highest BCUT2D eigenvalue weighted by Gasteiger charge is 2.32. The van der Waals surface area contributed by atoms with Gasteiger partial charge in [0.05, 0.1) is 110 Å². The van der Waals surface area contributed by atoms with Crippen molar-refractivity contribution < 1.29 is 47.6 Å². The Morgan fingerprint density at radius 1 is 0.331 bits per heavy atom. The molecule has 0 saturated carbocycles. The summed E-state index contributed by atoms with van der Waals surface area (Å²) in [7, 11) is 18.6. The van der Waals surface area contributed by atoms with Gasteiger partial charge in [-0.3, -0.25) is 19.2 Å². The summed E-state index contributed by atoms with van der Waals surface area (Å²) >= 11 is 2.92. The molecule has 130 heavy (non-hydrogen) atoms. The number of nitrogens with zero attached hydrogens (tertiary/aromatic N) is 18. The molecule has 36 heteroatoms. The summed E-state index contributed by atoms with van der Waals surface area (Å²) < 4.78 is 34.5. The maximum atomic E-state index is 12.9. The number of fused-ring (bicyclic) bond motifs is 8. The van der Waals surface area contributed by atoms with Gasteiger partial charge in [0.2, 0.25) is 35.6 Å². The van der Waals surface area contributed by atoms with Crippen LogP contribution in [0.3, 0.4) is 0 Å². The maximum Gasteiger partial charge on any atom is 0.261 e. The predicted octanol–water partition coefficient (Wildman–Crippen LogP) is 14.1. The van der Waals surface area contributed by atoms with Gasteiger partial charge in [0.25, 0.3) is 23.6 Å². The standard InChI is InChI=1S/C24H26N6O3.C24H26N6O2S.C23H24N6O3.C23H24N6O2S/c1-28-10-12-30(13-11-28)16-8-9-18(21(14-16)32-3)26-24-25-15-19-22(27-24)33-20-7-5-4-6-17(20)23(31)29(19)2;1-28-10-12-30(13-11-28)16-8-9-18(20(14-16)32-3)26-24-25-15-19-22(27-24)33-21-7-5-4-6-17(21)23(31)29(19)2;1-28-9-11-29(12-10-28)15-7-8-17(20(13-15)31-2)26-23-24-14-18-22(27-23)32-19-6-4-3-5-16(19)21(30)25-18;1-28-9-11-29(12-10-28)15-7-8-17(19(13-15)31-2)26-23-24-14-18-22(27-23)32-20-6-4-3-5-16(20)21(30)25-18/h2*4-9,14-15H,10-13H2,1-3H3,(H,25,26,27);2*3-8,13-14H,9-12H2,1-2H3,(H,25,30)(H,24,26,27). The van der Waals surface area contributed by atoms with Crippen molar-refractivity contribution in [3.63, 3.8) is 0 Å². The summed E-state index contributed by atoms with van der Waals surface area (Å²) in [6, 6.07) is 53.6. The lowest BCUT2D eigenvalue weighted by atomic mass is 10.2. The van der Waals surface area contributed by atoms with Crippen LogP contribution in [0.25, 0.3) is 0 Å². The number of ether oxygens (including phenoxy) is 6. The van der Waals surface area contributed by atoms with Gasteiger partial charge >= 0.3 is 0 Å². The highest BCUT2D eigenvalue weighted by atomic mass is 32.2. The van der Waals surface area contributed by atoms with Gasteiger partial charge in [-0.25, -0.2) is 29.9 Å². The van der Waals surface area contributed by atoms with Crippen molar-refractivity contribution in [3.8, 4) is 46.3 Å². The summed E-state index contributed by atoms with van der Waals surface area (Å²) in [5.74, 6) is 5.26. The van der Waals surface area contributed by atoms with Crippen molar-refractivity contribution in [1.29, 1.82) is 0 Å². The molecule has 4 aromatic heterocycles. The first-order valence-corrected chi connectivity index (χ1v) is 44.2. The van der Waals surface area contributed by atoms with E-state index in [-0.39, 0.29) is 29.5 Å². The largest absolute Gasteiger partial charge is 0.494 e. The zero-order valence-corrected chi connectivity index (χ0v) is 75.4. The van der Waals surface area contributed by atoms with Crippen LogP contribution in [0.5, 0.6) is 46.3 Å². The predicted molar refractivity (Wildman–Crippen MR) is 508 cm³/mol. The third kappa shape index (κ3) is 19.9. The lowest BCUT2D eigenvalue weighted by Crippen LogP contribution is -2.44. The molecule has 8 aliphatic rings. The second-order valence-electron chi connectivity index (χ2n) is 31.8. The van der Waals surface area contributed by atoms with Crippen LogP contribution < -0.4 is 89.7 Å². The number of likely N-dealkylation sites (N-methyl/N-ethyl adjacent to an activating group) is 4. The van der Waals surface area contributed by atoms with Gasteiger partial charge in [-0.05, 0) is 125 Å². The van der Waals surface area contributed by atoms with E-state index in [0.29, 0.717) is 103 Å². The highest BCUT2D eigenvalue weighted by Crippen LogP contribution is 2.45. The number of methoxy groups -OCH3 is 4. The zero-order chi connectivity index (χ0) is 90.1. The minimum Gasteiger partial charge on any atom is -0.494 e. The molecule has 12 heterocycles. The number of amides is 4. The van der Waals surface area contributed by atoms with E-state index in [9.17, 15) is 19.2 Å². The van der Waals surface area contributed by atoms with Crippen molar-refractivity contribution in [3.05, 3.63) is 217 Å². The minimum absolute atomic E-state index is 0.0673. The van der Waals surface area contributed by atoms with E-state index >= 15 is 0 Å². The molecule has 0 atom stereocenters. The molecule has 4 saturated heterocycles. The van der Waals surface area contributed by atoms with E-state index in [4.69, 9.17) is 33.4 Å². The smallest absolute Gasteiger partial charge is 0.261 e. The van der Waals surface area contributed by atoms with Gasteiger partial charge < -0.3 is 109 Å². The van der Waals surface area contributed by atoms with Crippen LogP contribution in [-0.2, 0) is 0 Å². The summed E-state index contributed by atoms with van der Waals surface area (Å²) in [5, 5.41) is 20.1. The van der Waals surface area contributed by atoms with Gasteiger partial charge in [0.1, 0.15) is 55.9 Å². The van der Waals surface area contributed by atoms with Gasteiger partial charge in [0.15, 0.2) is 0 Å². The van der Waals surface area contributed by atoms with E-state index in [0.717, 1.165) is 177 Å². The van der Waals surface area contributed by atoms with Crippen molar-refractivity contribution in [1.82, 2.24) is 59.5 Å². The Labute approximate surface area is 761 Å². The number of hydrogen-bond acceptors (Lipinski definition) is 32. The van der Waals surface area contributed by atoms with Crippen LogP contribution >= 0.6 is 23.5 Å². The fraction of sp³-hybridized carbons (Fsp3) is 0.277. The molecule has 8 aromatic carbocycles. The highest BCUT2D eigenvalue weighted by molar-refractivity contribution is 7.99. The Kier molecular flexibility index (Phi) is 26.7. The Hall–Kier alpha value is -14.3. The molecular weight excluding hydrogens is 1690 g/mol. The molecule has 4 fully saturated rings. The first-order chi connectivity index (χ1) is 63.3. The molecule has 0 radical (unpaired) electrons. The van der Waals surface area contributed by atoms with Gasteiger partial charge in [-0.1, -0.05) is 72.1 Å².